The largest absolute Gasteiger partial charge is 0.0622 e. The van der Waals surface area contributed by atoms with E-state index in [0.717, 1.165) is 0 Å². The molecule has 7 aromatic carbocycles. The van der Waals surface area contributed by atoms with Gasteiger partial charge in [-0.2, -0.15) is 0 Å². The normalized spacial score (nSPS) is 17.0. The molecule has 2 atom stereocenters. The van der Waals surface area contributed by atoms with Crippen molar-refractivity contribution >= 4 is 21.5 Å². The van der Waals surface area contributed by atoms with E-state index in [2.05, 4.69) is 146 Å². The lowest BCUT2D eigenvalue weighted by Crippen LogP contribution is -2.01. The number of hydrogen-bond donors (Lipinski definition) is 0. The standard InChI is InChI=1S/C43H32/c1-3-7-28(8-4-1)30-11-15-32(16-12-30)34-21-23-38-39-24-22-35(33-17-13-31(14-18-33)29-9-5-2-6-10-29)27-41(39)43-37-20-19-36(25-37)42(43)40(38)26-34/h1-18,21-24,26-27,36-37H,19-20,25H2. The molecule has 0 saturated heterocycles. The molecule has 2 aliphatic carbocycles. The van der Waals surface area contributed by atoms with Crippen LogP contribution in [0.2, 0.25) is 0 Å². The van der Waals surface area contributed by atoms with Crippen LogP contribution in [0.15, 0.2) is 146 Å². The highest BCUT2D eigenvalue weighted by Gasteiger charge is 2.39. The maximum absolute atomic E-state index is 2.49. The minimum Gasteiger partial charge on any atom is -0.0622 e. The zero-order chi connectivity index (χ0) is 28.3. The maximum Gasteiger partial charge on any atom is -0.0102 e. The van der Waals surface area contributed by atoms with Crippen LogP contribution in [0, 0.1) is 0 Å². The van der Waals surface area contributed by atoms with Crippen molar-refractivity contribution in [1.29, 1.82) is 0 Å². The Morgan fingerprint density at radius 3 is 1.02 bits per heavy atom. The van der Waals surface area contributed by atoms with Gasteiger partial charge in [0, 0.05) is 0 Å². The van der Waals surface area contributed by atoms with Crippen LogP contribution in [0.3, 0.4) is 0 Å². The van der Waals surface area contributed by atoms with E-state index in [0.29, 0.717) is 11.8 Å². The summed E-state index contributed by atoms with van der Waals surface area (Å²) >= 11 is 0. The van der Waals surface area contributed by atoms with E-state index < -0.39 is 0 Å². The van der Waals surface area contributed by atoms with Gasteiger partial charge in [-0.25, -0.2) is 0 Å². The fourth-order valence-corrected chi connectivity index (χ4v) is 8.01. The van der Waals surface area contributed by atoms with E-state index in [1.165, 1.54) is 85.3 Å². The van der Waals surface area contributed by atoms with Crippen molar-refractivity contribution in [2.45, 2.75) is 31.1 Å². The topological polar surface area (TPSA) is 0 Å². The third-order valence-corrected chi connectivity index (χ3v) is 10.1. The van der Waals surface area contributed by atoms with Crippen molar-refractivity contribution in [3.05, 3.63) is 157 Å². The molecule has 9 rings (SSSR count). The highest BCUT2D eigenvalue weighted by Crippen LogP contribution is 2.58. The Morgan fingerprint density at radius 1 is 0.302 bits per heavy atom. The van der Waals surface area contributed by atoms with Gasteiger partial charge in [0.05, 0.1) is 0 Å². The maximum atomic E-state index is 2.49. The minimum atomic E-state index is 0.691. The summed E-state index contributed by atoms with van der Waals surface area (Å²) in [7, 11) is 0. The van der Waals surface area contributed by atoms with Crippen LogP contribution in [-0.4, -0.2) is 0 Å². The van der Waals surface area contributed by atoms with Crippen LogP contribution in [0.4, 0.5) is 0 Å². The highest BCUT2D eigenvalue weighted by molar-refractivity contribution is 6.13. The second kappa shape index (κ2) is 9.82. The van der Waals surface area contributed by atoms with Crippen LogP contribution in [0.1, 0.15) is 42.2 Å². The van der Waals surface area contributed by atoms with E-state index in [1.54, 1.807) is 11.1 Å². The summed E-state index contributed by atoms with van der Waals surface area (Å²) in [4.78, 5) is 0. The summed E-state index contributed by atoms with van der Waals surface area (Å²) in [6.07, 6.45) is 3.97. The van der Waals surface area contributed by atoms with Crippen LogP contribution in [0.5, 0.6) is 0 Å². The lowest BCUT2D eigenvalue weighted by molar-refractivity contribution is 0.726. The lowest BCUT2D eigenvalue weighted by Gasteiger charge is -2.22. The smallest absolute Gasteiger partial charge is 0.0102 e. The fourth-order valence-electron chi connectivity index (χ4n) is 8.01. The summed E-state index contributed by atoms with van der Waals surface area (Å²) in [5.41, 5.74) is 13.5. The molecule has 0 spiro atoms. The van der Waals surface area contributed by atoms with Crippen molar-refractivity contribution in [3.8, 4) is 44.5 Å². The summed E-state index contributed by atoms with van der Waals surface area (Å²) in [5, 5.41) is 5.74. The van der Waals surface area contributed by atoms with E-state index in [4.69, 9.17) is 0 Å². The van der Waals surface area contributed by atoms with Crippen LogP contribution >= 0.6 is 0 Å². The summed E-state index contributed by atoms with van der Waals surface area (Å²) in [6, 6.07) is 53.9. The SMILES string of the molecule is c1ccc(-c2ccc(-c3ccc4c(c3)c3c(c5cc(-c6ccc(-c7ccccc7)cc6)ccc54)C4CCC3C4)cc2)cc1. The zero-order valence-electron chi connectivity index (χ0n) is 24.1. The first-order valence-electron chi connectivity index (χ1n) is 15.7. The predicted octanol–water partition coefficient (Wildman–Crippen LogP) is 12.0. The molecule has 1 saturated carbocycles. The van der Waals surface area contributed by atoms with Crippen LogP contribution in [0.25, 0.3) is 66.1 Å². The van der Waals surface area contributed by atoms with Crippen molar-refractivity contribution in [1.82, 2.24) is 0 Å². The summed E-state index contributed by atoms with van der Waals surface area (Å²) in [6.45, 7) is 0. The molecule has 0 aliphatic heterocycles. The molecule has 43 heavy (non-hydrogen) atoms. The first-order chi connectivity index (χ1) is 21.3. The molecule has 7 aromatic rings. The second-order valence-corrected chi connectivity index (χ2v) is 12.4. The van der Waals surface area contributed by atoms with Gasteiger partial charge in [-0.15, -0.1) is 0 Å². The van der Waals surface area contributed by atoms with Crippen molar-refractivity contribution < 1.29 is 0 Å². The first-order valence-corrected chi connectivity index (χ1v) is 15.7. The molecule has 0 amide bonds. The van der Waals surface area contributed by atoms with Crippen molar-refractivity contribution in [3.63, 3.8) is 0 Å². The molecule has 2 bridgehead atoms. The molecular formula is C43H32. The summed E-state index contributed by atoms with van der Waals surface area (Å²) < 4.78 is 0. The molecule has 0 radical (unpaired) electrons. The van der Waals surface area contributed by atoms with Gasteiger partial charge in [-0.3, -0.25) is 0 Å². The van der Waals surface area contributed by atoms with Gasteiger partial charge >= 0.3 is 0 Å². The molecule has 2 unspecified atom stereocenters. The first kappa shape index (κ1) is 24.6. The van der Waals surface area contributed by atoms with Gasteiger partial charge in [0.1, 0.15) is 0 Å². The van der Waals surface area contributed by atoms with Gasteiger partial charge in [0.25, 0.3) is 0 Å². The quantitative estimate of drug-likeness (QED) is 0.192. The molecule has 0 N–H and O–H groups in total. The van der Waals surface area contributed by atoms with Crippen LogP contribution in [-0.2, 0) is 0 Å². The average molecular weight is 549 g/mol. The van der Waals surface area contributed by atoms with Gasteiger partial charge in [0.2, 0.25) is 0 Å². The van der Waals surface area contributed by atoms with Crippen molar-refractivity contribution in [2.24, 2.45) is 0 Å². The Labute approximate surface area is 253 Å². The Bertz CT molecular complexity index is 1960. The molecule has 204 valence electrons. The second-order valence-electron chi connectivity index (χ2n) is 12.4. The summed E-state index contributed by atoms with van der Waals surface area (Å²) in [5.74, 6) is 1.38. The number of hydrogen-bond acceptors (Lipinski definition) is 0. The van der Waals surface area contributed by atoms with E-state index >= 15 is 0 Å². The molecular weight excluding hydrogens is 516 g/mol. The highest BCUT2D eigenvalue weighted by atomic mass is 14.4. The molecule has 1 fully saturated rings. The van der Waals surface area contributed by atoms with Crippen LogP contribution < -0.4 is 0 Å². The third kappa shape index (κ3) is 4.05. The average Bonchev–Trinajstić information content (AvgIpc) is 3.72. The number of fused-ring (bicyclic) bond motifs is 10. The Kier molecular flexibility index (Phi) is 5.63. The van der Waals surface area contributed by atoms with Crippen molar-refractivity contribution in [2.75, 3.05) is 0 Å². The van der Waals surface area contributed by atoms with Gasteiger partial charge < -0.3 is 0 Å². The third-order valence-electron chi connectivity index (χ3n) is 10.1. The Hall–Kier alpha value is -4.94. The molecule has 2 aliphatic rings. The predicted molar refractivity (Wildman–Crippen MR) is 183 cm³/mol. The molecule has 0 heterocycles. The zero-order valence-corrected chi connectivity index (χ0v) is 24.1. The minimum absolute atomic E-state index is 0.691. The monoisotopic (exact) mass is 548 g/mol. The molecule has 0 nitrogen and oxygen atoms in total. The van der Waals surface area contributed by atoms with Gasteiger partial charge in [-0.1, -0.05) is 133 Å². The molecule has 0 heteroatoms. The number of benzene rings is 7. The van der Waals surface area contributed by atoms with E-state index in [1.807, 2.05) is 0 Å². The Morgan fingerprint density at radius 2 is 0.628 bits per heavy atom. The van der Waals surface area contributed by atoms with Gasteiger partial charge in [-0.05, 0) is 120 Å². The Balaban J connectivity index is 1.15. The lowest BCUT2D eigenvalue weighted by atomic mass is 9.82. The van der Waals surface area contributed by atoms with E-state index in [-0.39, 0.29) is 0 Å². The molecule has 0 aromatic heterocycles. The van der Waals surface area contributed by atoms with Gasteiger partial charge in [0.15, 0.2) is 0 Å². The van der Waals surface area contributed by atoms with E-state index in [9.17, 15) is 0 Å². The fraction of sp³-hybridized carbons (Fsp3) is 0.116. The number of rotatable bonds is 4.